The molecule has 0 unspecified atom stereocenters. The van der Waals surface area contributed by atoms with Crippen molar-refractivity contribution in [2.24, 2.45) is 0 Å². The van der Waals surface area contributed by atoms with Gasteiger partial charge in [0.05, 0.1) is 12.7 Å². The fourth-order valence-electron chi connectivity index (χ4n) is 2.40. The van der Waals surface area contributed by atoms with Crippen molar-refractivity contribution in [3.05, 3.63) is 52.9 Å². The Morgan fingerprint density at radius 1 is 1.33 bits per heavy atom. The largest absolute Gasteiger partial charge is 0.360 e. The Morgan fingerprint density at radius 3 is 2.94 bits per heavy atom. The Balaban J connectivity index is 1.48. The average molecular weight is 263 g/mol. The molecule has 0 bridgehead atoms. The summed E-state index contributed by atoms with van der Waals surface area (Å²) in [6, 6.07) is 10.6. The van der Waals surface area contributed by atoms with Gasteiger partial charge < -0.3 is 9.84 Å². The number of rotatable bonds is 4. The molecule has 3 rings (SSSR count). The smallest absolute Gasteiger partial charge is 0.150 e. The highest BCUT2D eigenvalue weighted by Gasteiger charge is 2.29. The lowest BCUT2D eigenvalue weighted by Gasteiger charge is -2.36. The molecule has 1 N–H and O–H groups in total. The number of halogens is 1. The van der Waals surface area contributed by atoms with Crippen LogP contribution in [0.5, 0.6) is 0 Å². The maximum Gasteiger partial charge on any atom is 0.150 e. The molecule has 0 saturated heterocycles. The number of hydrogen-bond acceptors (Lipinski definition) is 3. The topological polar surface area (TPSA) is 38.1 Å². The summed E-state index contributed by atoms with van der Waals surface area (Å²) in [4.78, 5) is 0. The maximum atomic E-state index is 6.00. The molecule has 0 atom stereocenters. The summed E-state index contributed by atoms with van der Waals surface area (Å²) in [5.41, 5.74) is 1.35. The molecule has 0 aliphatic heterocycles. The molecule has 0 spiro atoms. The maximum absolute atomic E-state index is 6.00. The van der Waals surface area contributed by atoms with Crippen LogP contribution in [0.1, 0.15) is 30.1 Å². The minimum Gasteiger partial charge on any atom is -0.360 e. The number of aromatic nitrogens is 1. The van der Waals surface area contributed by atoms with Gasteiger partial charge in [-0.2, -0.15) is 0 Å². The van der Waals surface area contributed by atoms with E-state index in [1.54, 1.807) is 6.20 Å². The van der Waals surface area contributed by atoms with E-state index in [0.717, 1.165) is 30.2 Å². The fraction of sp³-hybridized carbons (Fsp3) is 0.357. The number of nitrogens with zero attached hydrogens (tertiary/aromatic N) is 1. The van der Waals surface area contributed by atoms with E-state index in [0.29, 0.717) is 12.0 Å². The fourth-order valence-corrected chi connectivity index (χ4v) is 2.59. The second kappa shape index (κ2) is 5.12. The highest BCUT2D eigenvalue weighted by molar-refractivity contribution is 6.30. The second-order valence-corrected chi connectivity index (χ2v) is 5.22. The van der Waals surface area contributed by atoms with Crippen molar-refractivity contribution in [1.82, 2.24) is 10.5 Å². The van der Waals surface area contributed by atoms with Crippen molar-refractivity contribution in [3.8, 4) is 0 Å². The Hall–Kier alpha value is -1.32. The zero-order valence-electron chi connectivity index (χ0n) is 9.97. The van der Waals surface area contributed by atoms with Crippen LogP contribution in [0.4, 0.5) is 0 Å². The molecule has 1 fully saturated rings. The molecular formula is C14H15ClN2O. The molecule has 1 aliphatic carbocycles. The van der Waals surface area contributed by atoms with Crippen molar-refractivity contribution in [2.45, 2.75) is 31.3 Å². The second-order valence-electron chi connectivity index (χ2n) is 4.78. The Morgan fingerprint density at radius 2 is 2.22 bits per heavy atom. The van der Waals surface area contributed by atoms with E-state index in [1.165, 1.54) is 5.56 Å². The van der Waals surface area contributed by atoms with Gasteiger partial charge in [-0.25, -0.2) is 0 Å². The van der Waals surface area contributed by atoms with Crippen LogP contribution in [0.15, 0.2) is 41.1 Å². The van der Waals surface area contributed by atoms with Crippen molar-refractivity contribution in [1.29, 1.82) is 0 Å². The van der Waals surface area contributed by atoms with Crippen LogP contribution in [0.3, 0.4) is 0 Å². The molecule has 3 nitrogen and oxygen atoms in total. The first-order valence-corrected chi connectivity index (χ1v) is 6.57. The number of benzene rings is 1. The molecule has 1 heterocycles. The van der Waals surface area contributed by atoms with Gasteiger partial charge in [0.25, 0.3) is 0 Å². The number of nitrogens with one attached hydrogen (secondary N) is 1. The summed E-state index contributed by atoms with van der Waals surface area (Å²) < 4.78 is 5.05. The monoisotopic (exact) mass is 262 g/mol. The molecule has 1 saturated carbocycles. The molecule has 1 aromatic carbocycles. The minimum atomic E-state index is 0.569. The van der Waals surface area contributed by atoms with Crippen molar-refractivity contribution < 1.29 is 4.52 Å². The Labute approximate surface area is 111 Å². The van der Waals surface area contributed by atoms with E-state index in [-0.39, 0.29) is 0 Å². The van der Waals surface area contributed by atoms with E-state index in [2.05, 4.69) is 22.6 Å². The predicted molar refractivity (Wildman–Crippen MR) is 70.6 cm³/mol. The van der Waals surface area contributed by atoms with Crippen LogP contribution in [0.25, 0.3) is 0 Å². The SMILES string of the molecule is Clc1cccc(C2CC(NCc3ccno3)C2)c1. The van der Waals surface area contributed by atoms with Gasteiger partial charge in [0.15, 0.2) is 0 Å². The molecule has 18 heavy (non-hydrogen) atoms. The van der Waals surface area contributed by atoms with Gasteiger partial charge in [0, 0.05) is 17.1 Å². The quantitative estimate of drug-likeness (QED) is 0.918. The molecule has 1 aliphatic rings. The van der Waals surface area contributed by atoms with Gasteiger partial charge >= 0.3 is 0 Å². The Bertz CT molecular complexity index is 506. The van der Waals surface area contributed by atoms with Crippen LogP contribution in [0.2, 0.25) is 5.02 Å². The first kappa shape index (κ1) is 11.8. The lowest BCUT2D eigenvalue weighted by atomic mass is 9.76. The normalized spacial score (nSPS) is 22.7. The summed E-state index contributed by atoms with van der Waals surface area (Å²) in [7, 11) is 0. The summed E-state index contributed by atoms with van der Waals surface area (Å²) in [6.45, 7) is 0.757. The summed E-state index contributed by atoms with van der Waals surface area (Å²) in [6.07, 6.45) is 4.00. The van der Waals surface area contributed by atoms with Gasteiger partial charge in [-0.3, -0.25) is 0 Å². The van der Waals surface area contributed by atoms with Gasteiger partial charge in [-0.05, 0) is 36.5 Å². The Kier molecular flexibility index (Phi) is 3.35. The van der Waals surface area contributed by atoms with Crippen LogP contribution in [-0.4, -0.2) is 11.2 Å². The molecule has 0 amide bonds. The van der Waals surface area contributed by atoms with E-state index < -0.39 is 0 Å². The summed E-state index contributed by atoms with van der Waals surface area (Å²) in [5, 5.41) is 7.98. The molecular weight excluding hydrogens is 248 g/mol. The van der Waals surface area contributed by atoms with Crippen LogP contribution in [0, 0.1) is 0 Å². The van der Waals surface area contributed by atoms with E-state index in [1.807, 2.05) is 18.2 Å². The van der Waals surface area contributed by atoms with Crippen molar-refractivity contribution in [3.63, 3.8) is 0 Å². The third-order valence-electron chi connectivity index (χ3n) is 3.51. The third-order valence-corrected chi connectivity index (χ3v) is 3.75. The molecule has 4 heteroatoms. The highest BCUT2D eigenvalue weighted by Crippen LogP contribution is 2.37. The summed E-state index contributed by atoms with van der Waals surface area (Å²) in [5.74, 6) is 1.53. The zero-order chi connectivity index (χ0) is 12.4. The highest BCUT2D eigenvalue weighted by atomic mass is 35.5. The van der Waals surface area contributed by atoms with Crippen molar-refractivity contribution in [2.75, 3.05) is 0 Å². The minimum absolute atomic E-state index is 0.569. The first-order valence-electron chi connectivity index (χ1n) is 6.19. The van der Waals surface area contributed by atoms with Gasteiger partial charge in [-0.15, -0.1) is 0 Å². The average Bonchev–Trinajstić information content (AvgIpc) is 2.80. The molecule has 2 aromatic rings. The first-order chi connectivity index (χ1) is 8.81. The lowest BCUT2D eigenvalue weighted by molar-refractivity contribution is 0.274. The molecule has 1 aromatic heterocycles. The van der Waals surface area contributed by atoms with E-state index in [9.17, 15) is 0 Å². The standard InChI is InChI=1S/C14H15ClN2O/c15-12-3-1-2-10(6-12)11-7-13(8-11)16-9-14-4-5-17-18-14/h1-6,11,13,16H,7-9H2. The molecule has 94 valence electrons. The van der Waals surface area contributed by atoms with E-state index in [4.69, 9.17) is 16.1 Å². The van der Waals surface area contributed by atoms with Gasteiger partial charge in [0.2, 0.25) is 0 Å². The van der Waals surface area contributed by atoms with Crippen LogP contribution < -0.4 is 5.32 Å². The number of hydrogen-bond donors (Lipinski definition) is 1. The van der Waals surface area contributed by atoms with E-state index >= 15 is 0 Å². The van der Waals surface area contributed by atoms with Crippen LogP contribution >= 0.6 is 11.6 Å². The molecule has 0 radical (unpaired) electrons. The van der Waals surface area contributed by atoms with Gasteiger partial charge in [0.1, 0.15) is 5.76 Å². The van der Waals surface area contributed by atoms with Crippen molar-refractivity contribution >= 4 is 11.6 Å². The van der Waals surface area contributed by atoms with Crippen LogP contribution in [-0.2, 0) is 6.54 Å². The summed E-state index contributed by atoms with van der Waals surface area (Å²) >= 11 is 6.00. The third kappa shape index (κ3) is 2.57. The lowest BCUT2D eigenvalue weighted by Crippen LogP contribution is -2.39. The predicted octanol–water partition coefficient (Wildman–Crippen LogP) is 3.36. The van der Waals surface area contributed by atoms with Gasteiger partial charge in [-0.1, -0.05) is 28.9 Å². The zero-order valence-corrected chi connectivity index (χ0v) is 10.7.